The third-order valence-electron chi connectivity index (χ3n) is 1.90. The number of aliphatic hydroxyl groups is 1. The van der Waals surface area contributed by atoms with Gasteiger partial charge in [-0.05, 0) is 33.1 Å². The maximum atomic E-state index is 10.1. The summed E-state index contributed by atoms with van der Waals surface area (Å²) in [7, 11) is 0. The van der Waals surface area contributed by atoms with Gasteiger partial charge in [0.05, 0.1) is 17.6 Å². The van der Waals surface area contributed by atoms with Crippen LogP contribution in [0.2, 0.25) is 0 Å². The Morgan fingerprint density at radius 2 is 2.23 bits per heavy atom. The molecule has 0 aliphatic heterocycles. The van der Waals surface area contributed by atoms with Crippen molar-refractivity contribution in [2.24, 2.45) is 5.92 Å². The van der Waals surface area contributed by atoms with Crippen molar-refractivity contribution in [2.45, 2.75) is 45.1 Å². The molecule has 0 bridgehead atoms. The van der Waals surface area contributed by atoms with Crippen molar-refractivity contribution in [3.63, 3.8) is 0 Å². The van der Waals surface area contributed by atoms with E-state index in [1.165, 1.54) is 0 Å². The van der Waals surface area contributed by atoms with E-state index in [9.17, 15) is 9.90 Å². The summed E-state index contributed by atoms with van der Waals surface area (Å²) in [6, 6.07) is 2.08. The summed E-state index contributed by atoms with van der Waals surface area (Å²) in [5.74, 6) is -0.181. The second kappa shape index (κ2) is 5.71. The highest BCUT2D eigenvalue weighted by molar-refractivity contribution is 5.50. The molecule has 1 unspecified atom stereocenters. The molecule has 74 valence electrons. The van der Waals surface area contributed by atoms with Crippen LogP contribution in [0.15, 0.2) is 0 Å². The molecule has 0 aliphatic carbocycles. The number of nitriles is 1. The number of hydrogen-bond acceptors (Lipinski definition) is 3. The van der Waals surface area contributed by atoms with Gasteiger partial charge in [0, 0.05) is 6.42 Å². The van der Waals surface area contributed by atoms with Crippen LogP contribution in [0.25, 0.3) is 0 Å². The number of rotatable bonds is 6. The van der Waals surface area contributed by atoms with E-state index in [2.05, 4.69) is 6.07 Å². The van der Waals surface area contributed by atoms with Crippen molar-refractivity contribution < 1.29 is 9.90 Å². The lowest BCUT2D eigenvalue weighted by atomic mass is 9.95. The molecule has 0 rings (SSSR count). The van der Waals surface area contributed by atoms with Crippen LogP contribution in [-0.2, 0) is 4.79 Å². The van der Waals surface area contributed by atoms with Gasteiger partial charge in [-0.2, -0.15) is 5.26 Å². The van der Waals surface area contributed by atoms with Crippen molar-refractivity contribution in [3.8, 4) is 6.07 Å². The van der Waals surface area contributed by atoms with E-state index in [0.717, 1.165) is 12.7 Å². The molecule has 3 heteroatoms. The Balaban J connectivity index is 3.62. The first kappa shape index (κ1) is 12.1. The SMILES string of the molecule is CC(C)(O)CCCC(C#N)CC=O. The van der Waals surface area contributed by atoms with Crippen LogP contribution >= 0.6 is 0 Å². The molecule has 13 heavy (non-hydrogen) atoms. The molecule has 0 aliphatic rings. The van der Waals surface area contributed by atoms with E-state index < -0.39 is 5.60 Å². The summed E-state index contributed by atoms with van der Waals surface area (Å²) >= 11 is 0. The van der Waals surface area contributed by atoms with E-state index in [-0.39, 0.29) is 5.92 Å². The molecule has 1 atom stereocenters. The average Bonchev–Trinajstić information content (AvgIpc) is 2.01. The molecule has 0 amide bonds. The van der Waals surface area contributed by atoms with Crippen LogP contribution < -0.4 is 0 Å². The summed E-state index contributed by atoms with van der Waals surface area (Å²) in [5.41, 5.74) is -0.665. The fourth-order valence-electron chi connectivity index (χ4n) is 1.13. The predicted molar refractivity (Wildman–Crippen MR) is 49.9 cm³/mol. The smallest absolute Gasteiger partial charge is 0.121 e. The van der Waals surface area contributed by atoms with Gasteiger partial charge in [-0.1, -0.05) is 0 Å². The Morgan fingerprint density at radius 3 is 2.62 bits per heavy atom. The maximum absolute atomic E-state index is 10.1. The summed E-state index contributed by atoms with van der Waals surface area (Å²) < 4.78 is 0. The van der Waals surface area contributed by atoms with Crippen molar-refractivity contribution in [3.05, 3.63) is 0 Å². The Bertz CT molecular complexity index is 188. The first-order valence-electron chi connectivity index (χ1n) is 4.55. The standard InChI is InChI=1S/C10H17NO2/c1-10(2,13)6-3-4-9(8-11)5-7-12/h7,9,13H,3-6H2,1-2H3. The van der Waals surface area contributed by atoms with Gasteiger partial charge in [-0.15, -0.1) is 0 Å². The van der Waals surface area contributed by atoms with Gasteiger partial charge in [-0.3, -0.25) is 0 Å². The van der Waals surface area contributed by atoms with Gasteiger partial charge >= 0.3 is 0 Å². The maximum Gasteiger partial charge on any atom is 0.121 e. The molecule has 0 heterocycles. The Labute approximate surface area is 79.4 Å². The summed E-state index contributed by atoms with van der Waals surface area (Å²) in [5, 5.41) is 18.0. The Hall–Kier alpha value is -0.880. The van der Waals surface area contributed by atoms with E-state index in [4.69, 9.17) is 5.26 Å². The van der Waals surface area contributed by atoms with Crippen LogP contribution in [0.1, 0.15) is 39.5 Å². The van der Waals surface area contributed by atoms with E-state index in [0.29, 0.717) is 19.3 Å². The highest BCUT2D eigenvalue weighted by Gasteiger charge is 2.13. The lowest BCUT2D eigenvalue weighted by Gasteiger charge is -2.16. The Kier molecular flexibility index (Phi) is 5.33. The van der Waals surface area contributed by atoms with Crippen molar-refractivity contribution >= 4 is 6.29 Å². The van der Waals surface area contributed by atoms with Crippen molar-refractivity contribution in [1.29, 1.82) is 5.26 Å². The topological polar surface area (TPSA) is 61.1 Å². The number of carbonyl (C=O) groups is 1. The van der Waals surface area contributed by atoms with Crippen molar-refractivity contribution in [2.75, 3.05) is 0 Å². The number of aldehydes is 1. The van der Waals surface area contributed by atoms with Gasteiger partial charge in [0.1, 0.15) is 6.29 Å². The van der Waals surface area contributed by atoms with E-state index in [1.807, 2.05) is 0 Å². The van der Waals surface area contributed by atoms with Crippen LogP contribution in [-0.4, -0.2) is 17.0 Å². The molecular weight excluding hydrogens is 166 g/mol. The fourth-order valence-corrected chi connectivity index (χ4v) is 1.13. The predicted octanol–water partition coefficient (Wildman–Crippen LogP) is 1.66. The van der Waals surface area contributed by atoms with E-state index in [1.54, 1.807) is 13.8 Å². The number of hydrogen-bond donors (Lipinski definition) is 1. The highest BCUT2D eigenvalue weighted by atomic mass is 16.3. The molecule has 0 aromatic carbocycles. The van der Waals surface area contributed by atoms with Gasteiger partial charge in [0.2, 0.25) is 0 Å². The molecule has 3 nitrogen and oxygen atoms in total. The van der Waals surface area contributed by atoms with Crippen LogP contribution in [0, 0.1) is 17.2 Å². The van der Waals surface area contributed by atoms with E-state index >= 15 is 0 Å². The fraction of sp³-hybridized carbons (Fsp3) is 0.800. The van der Waals surface area contributed by atoms with Gasteiger partial charge < -0.3 is 9.90 Å². The molecule has 1 N–H and O–H groups in total. The first-order chi connectivity index (χ1) is 5.99. The largest absolute Gasteiger partial charge is 0.390 e. The van der Waals surface area contributed by atoms with Gasteiger partial charge in [0.15, 0.2) is 0 Å². The zero-order valence-electron chi connectivity index (χ0n) is 8.29. The number of nitrogens with zero attached hydrogens (tertiary/aromatic N) is 1. The van der Waals surface area contributed by atoms with Gasteiger partial charge in [0.25, 0.3) is 0 Å². The minimum atomic E-state index is -0.665. The average molecular weight is 183 g/mol. The monoisotopic (exact) mass is 183 g/mol. The first-order valence-corrected chi connectivity index (χ1v) is 4.55. The summed E-state index contributed by atoms with van der Waals surface area (Å²) in [6.45, 7) is 3.49. The minimum Gasteiger partial charge on any atom is -0.390 e. The quantitative estimate of drug-likeness (QED) is 0.637. The zero-order valence-corrected chi connectivity index (χ0v) is 8.29. The van der Waals surface area contributed by atoms with Crippen molar-refractivity contribution in [1.82, 2.24) is 0 Å². The number of carbonyl (C=O) groups excluding carboxylic acids is 1. The minimum absolute atomic E-state index is 0.181. The molecule has 0 aromatic heterocycles. The van der Waals surface area contributed by atoms with Crippen LogP contribution in [0.4, 0.5) is 0 Å². The molecule has 0 saturated heterocycles. The lowest BCUT2D eigenvalue weighted by Crippen LogP contribution is -2.18. The van der Waals surface area contributed by atoms with Crippen LogP contribution in [0.5, 0.6) is 0 Å². The highest BCUT2D eigenvalue weighted by Crippen LogP contribution is 2.16. The molecule has 0 fully saturated rings. The Morgan fingerprint density at radius 1 is 1.62 bits per heavy atom. The van der Waals surface area contributed by atoms with Crippen LogP contribution in [0.3, 0.4) is 0 Å². The second-order valence-electron chi connectivity index (χ2n) is 3.93. The zero-order chi connectivity index (χ0) is 10.3. The third kappa shape index (κ3) is 7.48. The lowest BCUT2D eigenvalue weighted by molar-refractivity contribution is -0.108. The summed E-state index contributed by atoms with van der Waals surface area (Å²) in [6.07, 6.45) is 3.24. The second-order valence-corrected chi connectivity index (χ2v) is 3.93. The molecule has 0 saturated carbocycles. The van der Waals surface area contributed by atoms with Gasteiger partial charge in [-0.25, -0.2) is 0 Å². The molecule has 0 radical (unpaired) electrons. The summed E-state index contributed by atoms with van der Waals surface area (Å²) in [4.78, 5) is 10.1. The molecule has 0 aromatic rings. The normalized spacial score (nSPS) is 13.4. The molecular formula is C10H17NO2. The third-order valence-corrected chi connectivity index (χ3v) is 1.90. The molecule has 0 spiro atoms.